The van der Waals surface area contributed by atoms with Gasteiger partial charge in [0.2, 0.25) is 5.91 Å². The normalized spacial score (nSPS) is 22.2. The summed E-state index contributed by atoms with van der Waals surface area (Å²) in [4.78, 5) is 26.5. The quantitative estimate of drug-likeness (QED) is 0.798. The standard InChI is InChI=1S/C19H21F3N6O/c1-10-5-15(29)27-18-16(10)17(24-9-25-18)13-6-12(19(20,21)22)7-14(26-13)28-4-3-23-11(2)8-28/h6-7,9-11,23H,3-5,8H2,1-2H3,(H,24,25,27,29)/t10?,11-/m0/s1. The second-order valence-electron chi connectivity index (χ2n) is 7.54. The molecule has 1 saturated heterocycles. The number of hydrogen-bond donors (Lipinski definition) is 2. The molecule has 2 aromatic rings. The van der Waals surface area contributed by atoms with Gasteiger partial charge in [-0.1, -0.05) is 6.92 Å². The first-order chi connectivity index (χ1) is 13.7. The second-order valence-corrected chi connectivity index (χ2v) is 7.54. The average molecular weight is 406 g/mol. The van der Waals surface area contributed by atoms with Crippen molar-refractivity contribution < 1.29 is 18.0 Å². The smallest absolute Gasteiger partial charge is 0.354 e. The molecule has 10 heteroatoms. The van der Waals surface area contributed by atoms with Gasteiger partial charge in [-0.15, -0.1) is 0 Å². The molecule has 1 fully saturated rings. The topological polar surface area (TPSA) is 83.0 Å². The molecule has 1 unspecified atom stereocenters. The number of amides is 1. The molecule has 1 amide bonds. The first-order valence-corrected chi connectivity index (χ1v) is 9.45. The van der Waals surface area contributed by atoms with Crippen LogP contribution in [0, 0.1) is 0 Å². The number of alkyl halides is 3. The van der Waals surface area contributed by atoms with Gasteiger partial charge in [-0.25, -0.2) is 15.0 Å². The van der Waals surface area contributed by atoms with E-state index in [1.54, 1.807) is 0 Å². The van der Waals surface area contributed by atoms with Crippen LogP contribution in [0.5, 0.6) is 0 Å². The summed E-state index contributed by atoms with van der Waals surface area (Å²) in [7, 11) is 0. The van der Waals surface area contributed by atoms with Crippen LogP contribution in [0.15, 0.2) is 18.5 Å². The van der Waals surface area contributed by atoms with Crippen LogP contribution in [0.3, 0.4) is 0 Å². The van der Waals surface area contributed by atoms with E-state index in [1.807, 2.05) is 18.7 Å². The average Bonchev–Trinajstić information content (AvgIpc) is 2.66. The predicted molar refractivity (Wildman–Crippen MR) is 102 cm³/mol. The predicted octanol–water partition coefficient (Wildman–Crippen LogP) is 2.80. The van der Waals surface area contributed by atoms with E-state index >= 15 is 0 Å². The summed E-state index contributed by atoms with van der Waals surface area (Å²) in [5.41, 5.74) is 0.280. The SMILES string of the molecule is CC1CC(=O)Nc2ncnc(-c3cc(C(F)(F)F)cc(N4CCN[C@@H](C)C4)n3)c21. The van der Waals surface area contributed by atoms with Gasteiger partial charge >= 0.3 is 6.18 Å². The van der Waals surface area contributed by atoms with Crippen LogP contribution in [-0.2, 0) is 11.0 Å². The maximum atomic E-state index is 13.6. The van der Waals surface area contributed by atoms with E-state index in [0.29, 0.717) is 36.7 Å². The Bertz CT molecular complexity index is 948. The zero-order valence-corrected chi connectivity index (χ0v) is 16.0. The Morgan fingerprint density at radius 2 is 2.00 bits per heavy atom. The molecule has 0 bridgehead atoms. The van der Waals surface area contributed by atoms with Crippen molar-refractivity contribution in [2.45, 2.75) is 38.4 Å². The van der Waals surface area contributed by atoms with Crippen LogP contribution in [0.25, 0.3) is 11.4 Å². The molecule has 29 heavy (non-hydrogen) atoms. The first-order valence-electron chi connectivity index (χ1n) is 9.45. The number of carbonyl (C=O) groups is 1. The van der Waals surface area contributed by atoms with Crippen molar-refractivity contribution in [3.05, 3.63) is 29.6 Å². The number of nitrogens with zero attached hydrogens (tertiary/aromatic N) is 4. The molecular weight excluding hydrogens is 385 g/mol. The molecule has 2 aliphatic heterocycles. The molecule has 0 aromatic carbocycles. The van der Waals surface area contributed by atoms with Gasteiger partial charge in [0.15, 0.2) is 0 Å². The van der Waals surface area contributed by atoms with E-state index < -0.39 is 11.7 Å². The molecule has 2 N–H and O–H groups in total. The summed E-state index contributed by atoms with van der Waals surface area (Å²) < 4.78 is 40.9. The number of anilines is 2. The highest BCUT2D eigenvalue weighted by Gasteiger charge is 2.34. The summed E-state index contributed by atoms with van der Waals surface area (Å²) in [6.45, 7) is 5.59. The first kappa shape index (κ1) is 19.6. The highest BCUT2D eigenvalue weighted by atomic mass is 19.4. The van der Waals surface area contributed by atoms with Crippen LogP contribution in [-0.4, -0.2) is 46.5 Å². The molecule has 154 valence electrons. The summed E-state index contributed by atoms with van der Waals surface area (Å²) in [5.74, 6) is 0.189. The van der Waals surface area contributed by atoms with Crippen molar-refractivity contribution in [3.8, 4) is 11.4 Å². The summed E-state index contributed by atoms with van der Waals surface area (Å²) >= 11 is 0. The van der Waals surface area contributed by atoms with Crippen LogP contribution >= 0.6 is 0 Å². The third-order valence-corrected chi connectivity index (χ3v) is 5.20. The summed E-state index contributed by atoms with van der Waals surface area (Å²) in [6, 6.07) is 2.24. The van der Waals surface area contributed by atoms with E-state index in [9.17, 15) is 18.0 Å². The van der Waals surface area contributed by atoms with Gasteiger partial charge in [0.25, 0.3) is 0 Å². The third-order valence-electron chi connectivity index (χ3n) is 5.20. The van der Waals surface area contributed by atoms with Crippen molar-refractivity contribution in [2.24, 2.45) is 0 Å². The fraction of sp³-hybridized carbons (Fsp3) is 0.474. The number of piperazine rings is 1. The number of pyridine rings is 1. The van der Waals surface area contributed by atoms with Gasteiger partial charge in [0, 0.05) is 37.7 Å². The van der Waals surface area contributed by atoms with Crippen LogP contribution in [0.4, 0.5) is 24.8 Å². The van der Waals surface area contributed by atoms with Gasteiger partial charge in [0.1, 0.15) is 18.0 Å². The fourth-order valence-corrected chi connectivity index (χ4v) is 3.83. The lowest BCUT2D eigenvalue weighted by Gasteiger charge is -2.33. The number of nitrogens with one attached hydrogen (secondary N) is 2. The van der Waals surface area contributed by atoms with Gasteiger partial charge in [-0.3, -0.25) is 4.79 Å². The molecular formula is C19H21F3N6O. The van der Waals surface area contributed by atoms with Gasteiger partial charge in [-0.05, 0) is 25.0 Å². The van der Waals surface area contributed by atoms with Crippen molar-refractivity contribution >= 4 is 17.5 Å². The molecule has 7 nitrogen and oxygen atoms in total. The minimum atomic E-state index is -4.51. The highest BCUT2D eigenvalue weighted by molar-refractivity contribution is 5.94. The Labute approximate surface area is 165 Å². The van der Waals surface area contributed by atoms with Crippen molar-refractivity contribution in [1.82, 2.24) is 20.3 Å². The molecule has 4 rings (SSSR count). The van der Waals surface area contributed by atoms with Crippen LogP contribution < -0.4 is 15.5 Å². The number of aromatic nitrogens is 3. The molecule has 0 saturated carbocycles. The van der Waals surface area contributed by atoms with E-state index in [-0.39, 0.29) is 35.8 Å². The molecule has 0 aliphatic carbocycles. The number of hydrogen-bond acceptors (Lipinski definition) is 6. The zero-order valence-electron chi connectivity index (χ0n) is 16.0. The molecule has 0 radical (unpaired) electrons. The Balaban J connectivity index is 1.85. The largest absolute Gasteiger partial charge is 0.416 e. The van der Waals surface area contributed by atoms with Crippen LogP contribution in [0.2, 0.25) is 0 Å². The second kappa shape index (κ2) is 7.25. The summed E-state index contributed by atoms with van der Waals surface area (Å²) in [6.07, 6.45) is -3.06. The number of halogens is 3. The number of rotatable bonds is 2. The molecule has 0 spiro atoms. The zero-order chi connectivity index (χ0) is 20.8. The minimum absolute atomic E-state index is 0.127. The van der Waals surface area contributed by atoms with Crippen LogP contribution in [0.1, 0.15) is 37.3 Å². The van der Waals surface area contributed by atoms with Gasteiger partial charge < -0.3 is 15.5 Å². The fourth-order valence-electron chi connectivity index (χ4n) is 3.83. The Kier molecular flexibility index (Phi) is 4.89. The highest BCUT2D eigenvalue weighted by Crippen LogP contribution is 2.39. The minimum Gasteiger partial charge on any atom is -0.354 e. The van der Waals surface area contributed by atoms with Crippen molar-refractivity contribution in [3.63, 3.8) is 0 Å². The number of fused-ring (bicyclic) bond motifs is 1. The Morgan fingerprint density at radius 1 is 1.21 bits per heavy atom. The van der Waals surface area contributed by atoms with Gasteiger partial charge in [-0.2, -0.15) is 13.2 Å². The van der Waals surface area contributed by atoms with E-state index in [1.165, 1.54) is 6.33 Å². The third kappa shape index (κ3) is 3.89. The van der Waals surface area contributed by atoms with E-state index in [4.69, 9.17) is 0 Å². The summed E-state index contributed by atoms with van der Waals surface area (Å²) in [5, 5.41) is 5.94. The lowest BCUT2D eigenvalue weighted by Crippen LogP contribution is -2.49. The van der Waals surface area contributed by atoms with E-state index in [2.05, 4.69) is 25.6 Å². The van der Waals surface area contributed by atoms with E-state index in [0.717, 1.165) is 12.1 Å². The Morgan fingerprint density at radius 3 is 2.72 bits per heavy atom. The molecule has 2 aromatic heterocycles. The van der Waals surface area contributed by atoms with Crippen molar-refractivity contribution in [1.29, 1.82) is 0 Å². The molecule has 2 aliphatic rings. The number of carbonyl (C=O) groups excluding carboxylic acids is 1. The van der Waals surface area contributed by atoms with Gasteiger partial charge in [0.05, 0.1) is 17.0 Å². The monoisotopic (exact) mass is 406 g/mol. The van der Waals surface area contributed by atoms with Crippen molar-refractivity contribution in [2.75, 3.05) is 29.9 Å². The maximum Gasteiger partial charge on any atom is 0.416 e. The maximum absolute atomic E-state index is 13.6. The molecule has 4 heterocycles. The lowest BCUT2D eigenvalue weighted by molar-refractivity contribution is -0.137. The lowest BCUT2D eigenvalue weighted by atomic mass is 9.91. The Hall–Kier alpha value is -2.75. The molecule has 2 atom stereocenters.